The molecule has 2 aromatic rings. The summed E-state index contributed by atoms with van der Waals surface area (Å²) >= 11 is 0.991. The van der Waals surface area contributed by atoms with Gasteiger partial charge in [0.05, 0.1) is 17.9 Å². The first-order valence-electron chi connectivity index (χ1n) is 5.47. The number of nitrogens with zero attached hydrogens (tertiary/aromatic N) is 2. The molecule has 3 N–H and O–H groups in total. The van der Waals surface area contributed by atoms with Crippen LogP contribution in [-0.2, 0) is 10.0 Å². The van der Waals surface area contributed by atoms with Crippen LogP contribution in [-0.4, -0.2) is 18.6 Å². The molecule has 2 rings (SSSR count). The first-order valence-corrected chi connectivity index (χ1v) is 7.83. The highest BCUT2D eigenvalue weighted by atomic mass is 32.2. The normalized spacial score (nSPS) is 13.5. The van der Waals surface area contributed by atoms with E-state index in [1.54, 1.807) is 0 Å². The van der Waals surface area contributed by atoms with Gasteiger partial charge in [-0.1, -0.05) is 16.5 Å². The van der Waals surface area contributed by atoms with E-state index in [4.69, 9.17) is 9.66 Å². The SMILES string of the molecule is Cc1noc(C)c1C(C)Nc1ncc(S(N)(=O)=O)s1. The van der Waals surface area contributed by atoms with E-state index in [-0.39, 0.29) is 10.3 Å². The van der Waals surface area contributed by atoms with Crippen molar-refractivity contribution < 1.29 is 12.9 Å². The van der Waals surface area contributed by atoms with Gasteiger partial charge in [0.2, 0.25) is 10.0 Å². The highest BCUT2D eigenvalue weighted by molar-refractivity contribution is 7.91. The molecule has 0 aliphatic heterocycles. The smallest absolute Gasteiger partial charge is 0.249 e. The maximum absolute atomic E-state index is 11.2. The van der Waals surface area contributed by atoms with E-state index in [0.29, 0.717) is 5.13 Å². The Hall–Kier alpha value is -1.45. The molecule has 9 heteroatoms. The Morgan fingerprint density at radius 3 is 2.63 bits per heavy atom. The first kappa shape index (κ1) is 14.0. The summed E-state index contributed by atoms with van der Waals surface area (Å²) in [5.74, 6) is 0.723. The van der Waals surface area contributed by atoms with Gasteiger partial charge in [-0.05, 0) is 20.8 Å². The van der Waals surface area contributed by atoms with Gasteiger partial charge in [0.25, 0.3) is 0 Å². The van der Waals surface area contributed by atoms with Crippen LogP contribution in [0.25, 0.3) is 0 Å². The summed E-state index contributed by atoms with van der Waals surface area (Å²) in [6.07, 6.45) is 1.24. The summed E-state index contributed by atoms with van der Waals surface area (Å²) in [4.78, 5) is 3.99. The Kier molecular flexibility index (Phi) is 3.61. The molecule has 0 saturated carbocycles. The summed E-state index contributed by atoms with van der Waals surface area (Å²) in [6.45, 7) is 5.59. The minimum atomic E-state index is -3.70. The number of aromatic nitrogens is 2. The molecule has 0 radical (unpaired) electrons. The zero-order valence-electron chi connectivity index (χ0n) is 10.7. The van der Waals surface area contributed by atoms with E-state index in [0.717, 1.165) is 28.4 Å². The molecule has 1 unspecified atom stereocenters. The summed E-state index contributed by atoms with van der Waals surface area (Å²) < 4.78 is 27.4. The molecule has 0 fully saturated rings. The zero-order chi connectivity index (χ0) is 14.2. The van der Waals surface area contributed by atoms with Crippen molar-refractivity contribution in [1.29, 1.82) is 0 Å². The predicted molar refractivity (Wildman–Crippen MR) is 71.5 cm³/mol. The number of anilines is 1. The van der Waals surface area contributed by atoms with Gasteiger partial charge >= 0.3 is 0 Å². The molecule has 0 amide bonds. The monoisotopic (exact) mass is 302 g/mol. The third-order valence-electron chi connectivity index (χ3n) is 2.63. The van der Waals surface area contributed by atoms with E-state index in [2.05, 4.69) is 15.5 Å². The highest BCUT2D eigenvalue weighted by Gasteiger charge is 2.19. The summed E-state index contributed by atoms with van der Waals surface area (Å²) in [6, 6.07) is -0.0919. The molecule has 2 aromatic heterocycles. The predicted octanol–water partition coefficient (Wildman–Crippen LogP) is 1.57. The van der Waals surface area contributed by atoms with Crippen LogP contribution in [0.3, 0.4) is 0 Å². The number of rotatable bonds is 4. The lowest BCUT2D eigenvalue weighted by Crippen LogP contribution is -2.10. The lowest BCUT2D eigenvalue weighted by molar-refractivity contribution is 0.392. The highest BCUT2D eigenvalue weighted by Crippen LogP contribution is 2.28. The number of nitrogens with two attached hydrogens (primary N) is 1. The molecular formula is C10H14N4O3S2. The largest absolute Gasteiger partial charge is 0.361 e. The van der Waals surface area contributed by atoms with Gasteiger partial charge < -0.3 is 9.84 Å². The van der Waals surface area contributed by atoms with E-state index < -0.39 is 10.0 Å². The van der Waals surface area contributed by atoms with Crippen molar-refractivity contribution in [2.75, 3.05) is 5.32 Å². The van der Waals surface area contributed by atoms with Crippen molar-refractivity contribution in [1.82, 2.24) is 10.1 Å². The van der Waals surface area contributed by atoms with Crippen molar-refractivity contribution in [3.05, 3.63) is 23.2 Å². The Balaban J connectivity index is 2.20. The van der Waals surface area contributed by atoms with Crippen molar-refractivity contribution in [2.24, 2.45) is 5.14 Å². The Morgan fingerprint density at radius 2 is 2.16 bits per heavy atom. The number of hydrogen-bond acceptors (Lipinski definition) is 7. The van der Waals surface area contributed by atoms with Crippen LogP contribution in [0.15, 0.2) is 14.9 Å². The van der Waals surface area contributed by atoms with Gasteiger partial charge in [-0.25, -0.2) is 18.5 Å². The minimum Gasteiger partial charge on any atom is -0.361 e. The van der Waals surface area contributed by atoms with E-state index >= 15 is 0 Å². The molecule has 0 bridgehead atoms. The van der Waals surface area contributed by atoms with Crippen LogP contribution in [0.5, 0.6) is 0 Å². The van der Waals surface area contributed by atoms with Crippen molar-refractivity contribution >= 4 is 26.5 Å². The maximum Gasteiger partial charge on any atom is 0.249 e. The summed E-state index contributed by atoms with van der Waals surface area (Å²) in [5, 5.41) is 12.5. The van der Waals surface area contributed by atoms with Gasteiger partial charge in [-0.3, -0.25) is 0 Å². The van der Waals surface area contributed by atoms with Crippen LogP contribution in [0.4, 0.5) is 5.13 Å². The third-order valence-corrected chi connectivity index (χ3v) is 4.96. The molecule has 0 aliphatic carbocycles. The van der Waals surface area contributed by atoms with E-state index in [1.807, 2.05) is 20.8 Å². The lowest BCUT2D eigenvalue weighted by atomic mass is 10.1. The second-order valence-corrected chi connectivity index (χ2v) is 6.95. The van der Waals surface area contributed by atoms with Crippen molar-refractivity contribution in [2.45, 2.75) is 31.0 Å². The quantitative estimate of drug-likeness (QED) is 0.886. The Bertz CT molecular complexity index is 670. The van der Waals surface area contributed by atoms with Crippen LogP contribution < -0.4 is 10.5 Å². The van der Waals surface area contributed by atoms with E-state index in [9.17, 15) is 8.42 Å². The fraction of sp³-hybridized carbons (Fsp3) is 0.400. The van der Waals surface area contributed by atoms with Crippen molar-refractivity contribution in [3.63, 3.8) is 0 Å². The molecule has 0 spiro atoms. The standard InChI is InChI=1S/C10H14N4O3S2/c1-5(9-6(2)14-17-7(9)3)13-10-12-4-8(18-10)19(11,15)16/h4-5H,1-3H3,(H,12,13)(H2,11,15,16). The van der Waals surface area contributed by atoms with Crippen molar-refractivity contribution in [3.8, 4) is 0 Å². The molecule has 0 aromatic carbocycles. The van der Waals surface area contributed by atoms with Crippen LogP contribution in [0.1, 0.15) is 30.0 Å². The molecular weight excluding hydrogens is 288 g/mol. The third kappa shape index (κ3) is 2.94. The first-order chi connectivity index (χ1) is 8.79. The fourth-order valence-electron chi connectivity index (χ4n) is 1.82. The number of primary sulfonamides is 1. The number of hydrogen-bond donors (Lipinski definition) is 2. The Morgan fingerprint density at radius 1 is 1.47 bits per heavy atom. The average molecular weight is 302 g/mol. The number of sulfonamides is 1. The second-order valence-electron chi connectivity index (χ2n) is 4.13. The lowest BCUT2D eigenvalue weighted by Gasteiger charge is -2.12. The van der Waals surface area contributed by atoms with Crippen LogP contribution >= 0.6 is 11.3 Å². The molecule has 0 saturated heterocycles. The average Bonchev–Trinajstić information content (AvgIpc) is 2.85. The molecule has 0 aliphatic rings. The number of nitrogens with one attached hydrogen (secondary N) is 1. The Labute approximate surface area is 114 Å². The molecule has 104 valence electrons. The fourth-order valence-corrected chi connectivity index (χ4v) is 3.36. The maximum atomic E-state index is 11.2. The van der Waals surface area contributed by atoms with Gasteiger partial charge in [0.15, 0.2) is 9.34 Å². The molecule has 1 atom stereocenters. The molecule has 19 heavy (non-hydrogen) atoms. The van der Waals surface area contributed by atoms with Crippen LogP contribution in [0.2, 0.25) is 0 Å². The molecule has 7 nitrogen and oxygen atoms in total. The zero-order valence-corrected chi connectivity index (χ0v) is 12.3. The van der Waals surface area contributed by atoms with Gasteiger partial charge in [-0.2, -0.15) is 0 Å². The number of aryl methyl sites for hydroxylation is 2. The topological polar surface area (TPSA) is 111 Å². The molecule has 2 heterocycles. The minimum absolute atomic E-state index is 0.0287. The van der Waals surface area contributed by atoms with Crippen LogP contribution in [0, 0.1) is 13.8 Å². The van der Waals surface area contributed by atoms with Gasteiger partial charge in [0, 0.05) is 5.56 Å². The van der Waals surface area contributed by atoms with Gasteiger partial charge in [0.1, 0.15) is 5.76 Å². The van der Waals surface area contributed by atoms with Gasteiger partial charge in [-0.15, -0.1) is 0 Å². The number of thiazole rings is 1. The summed E-state index contributed by atoms with van der Waals surface area (Å²) in [7, 11) is -3.70. The second kappa shape index (κ2) is 4.91. The summed E-state index contributed by atoms with van der Waals surface area (Å²) in [5.41, 5.74) is 1.73. The van der Waals surface area contributed by atoms with E-state index in [1.165, 1.54) is 6.20 Å².